The van der Waals surface area contributed by atoms with E-state index in [0.717, 1.165) is 11.3 Å². The molecule has 1 fully saturated rings. The van der Waals surface area contributed by atoms with Crippen molar-refractivity contribution in [3.63, 3.8) is 0 Å². The van der Waals surface area contributed by atoms with Gasteiger partial charge in [0.1, 0.15) is 0 Å². The highest BCUT2D eigenvalue weighted by molar-refractivity contribution is 5.94. The van der Waals surface area contributed by atoms with Crippen molar-refractivity contribution < 1.29 is 4.79 Å². The summed E-state index contributed by atoms with van der Waals surface area (Å²) in [5, 5.41) is 6.20. The molecule has 0 bridgehead atoms. The van der Waals surface area contributed by atoms with Gasteiger partial charge in [0, 0.05) is 24.3 Å². The van der Waals surface area contributed by atoms with Gasteiger partial charge in [-0.05, 0) is 49.9 Å². The zero-order chi connectivity index (χ0) is 13.7. The van der Waals surface area contributed by atoms with Gasteiger partial charge in [-0.15, -0.1) is 0 Å². The van der Waals surface area contributed by atoms with E-state index in [4.69, 9.17) is 0 Å². The van der Waals surface area contributed by atoms with Crippen LogP contribution >= 0.6 is 0 Å². The van der Waals surface area contributed by atoms with E-state index >= 15 is 0 Å². The third-order valence-electron chi connectivity index (χ3n) is 4.15. The van der Waals surface area contributed by atoms with E-state index in [0.29, 0.717) is 5.92 Å². The van der Waals surface area contributed by atoms with Gasteiger partial charge in [0.15, 0.2) is 0 Å². The summed E-state index contributed by atoms with van der Waals surface area (Å²) in [5.41, 5.74) is 1.76. The number of amides is 1. The van der Waals surface area contributed by atoms with Crippen LogP contribution in [0.15, 0.2) is 24.3 Å². The lowest BCUT2D eigenvalue weighted by Gasteiger charge is -2.28. The maximum Gasteiger partial charge on any atom is 0.251 e. The number of hydrogen-bond acceptors (Lipinski definition) is 2. The van der Waals surface area contributed by atoms with Gasteiger partial charge in [-0.2, -0.15) is 0 Å². The summed E-state index contributed by atoms with van der Waals surface area (Å²) >= 11 is 0. The van der Waals surface area contributed by atoms with Crippen LogP contribution in [-0.2, 0) is 0 Å². The van der Waals surface area contributed by atoms with E-state index in [1.807, 2.05) is 31.3 Å². The molecule has 0 radical (unpaired) electrons. The predicted molar refractivity (Wildman–Crippen MR) is 79.5 cm³/mol. The van der Waals surface area contributed by atoms with Crippen LogP contribution in [0.2, 0.25) is 0 Å². The van der Waals surface area contributed by atoms with Gasteiger partial charge in [-0.25, -0.2) is 0 Å². The highest BCUT2D eigenvalue weighted by Gasteiger charge is 2.21. The van der Waals surface area contributed by atoms with Crippen molar-refractivity contribution in [1.82, 2.24) is 5.32 Å². The van der Waals surface area contributed by atoms with Crippen LogP contribution in [0.25, 0.3) is 0 Å². The number of hydrogen-bond donors (Lipinski definition) is 2. The van der Waals surface area contributed by atoms with Crippen LogP contribution in [0.5, 0.6) is 0 Å². The molecular weight excluding hydrogens is 236 g/mol. The largest absolute Gasteiger partial charge is 0.388 e. The predicted octanol–water partition coefficient (Wildman–Crippen LogP) is 3.43. The Morgan fingerprint density at radius 1 is 1.16 bits per heavy atom. The molecule has 2 N–H and O–H groups in total. The summed E-state index contributed by atoms with van der Waals surface area (Å²) in [6, 6.07) is 7.88. The van der Waals surface area contributed by atoms with Gasteiger partial charge >= 0.3 is 0 Å². The molecule has 104 valence electrons. The Labute approximate surface area is 115 Å². The second-order valence-corrected chi connectivity index (χ2v) is 5.49. The van der Waals surface area contributed by atoms with E-state index in [9.17, 15) is 4.79 Å². The number of rotatable bonds is 4. The molecule has 19 heavy (non-hydrogen) atoms. The number of benzene rings is 1. The Kier molecular flexibility index (Phi) is 4.83. The molecule has 1 aliphatic carbocycles. The van der Waals surface area contributed by atoms with Crippen LogP contribution in [0.1, 0.15) is 49.4 Å². The summed E-state index contributed by atoms with van der Waals surface area (Å²) in [6.45, 7) is 2.13. The number of carbonyl (C=O) groups excluding carboxylic acids is 1. The number of nitrogens with one attached hydrogen (secondary N) is 2. The molecule has 1 aliphatic rings. The summed E-state index contributed by atoms with van der Waals surface area (Å²) in [4.78, 5) is 12.2. The molecule has 0 spiro atoms. The molecule has 3 nitrogen and oxygen atoms in total. The normalized spacial score (nSPS) is 17.8. The fraction of sp³-hybridized carbons (Fsp3) is 0.562. The highest BCUT2D eigenvalue weighted by Crippen LogP contribution is 2.26. The molecule has 1 unspecified atom stereocenters. The van der Waals surface area contributed by atoms with Gasteiger partial charge in [0.25, 0.3) is 5.91 Å². The molecule has 1 atom stereocenters. The lowest BCUT2D eigenvalue weighted by atomic mass is 9.84. The third-order valence-corrected chi connectivity index (χ3v) is 4.15. The van der Waals surface area contributed by atoms with Gasteiger partial charge in [-0.1, -0.05) is 19.3 Å². The first-order chi connectivity index (χ1) is 9.20. The van der Waals surface area contributed by atoms with Gasteiger partial charge in [-0.3, -0.25) is 4.79 Å². The summed E-state index contributed by atoms with van der Waals surface area (Å²) in [5.74, 6) is 0.690. The zero-order valence-electron chi connectivity index (χ0n) is 11.9. The van der Waals surface area contributed by atoms with Crippen LogP contribution in [0, 0.1) is 5.92 Å². The maximum atomic E-state index is 12.2. The minimum absolute atomic E-state index is 0.0423. The van der Waals surface area contributed by atoms with Crippen molar-refractivity contribution in [1.29, 1.82) is 0 Å². The zero-order valence-corrected chi connectivity index (χ0v) is 11.9. The SMILES string of the molecule is CNc1ccc(C(=O)NC(C)C2CCCCC2)cc1. The summed E-state index contributed by atoms with van der Waals surface area (Å²) < 4.78 is 0. The van der Waals surface area contributed by atoms with Crippen molar-refractivity contribution in [3.8, 4) is 0 Å². The monoisotopic (exact) mass is 260 g/mol. The third kappa shape index (κ3) is 3.72. The highest BCUT2D eigenvalue weighted by atomic mass is 16.1. The van der Waals surface area contributed by atoms with Crippen molar-refractivity contribution in [3.05, 3.63) is 29.8 Å². The first-order valence-electron chi connectivity index (χ1n) is 7.29. The van der Waals surface area contributed by atoms with Crippen molar-refractivity contribution in [2.75, 3.05) is 12.4 Å². The molecule has 0 aromatic heterocycles. The lowest BCUT2D eigenvalue weighted by molar-refractivity contribution is 0.0919. The van der Waals surface area contributed by atoms with Gasteiger partial charge in [0.2, 0.25) is 0 Å². The smallest absolute Gasteiger partial charge is 0.251 e. The fourth-order valence-electron chi connectivity index (χ4n) is 2.83. The van der Waals surface area contributed by atoms with Crippen LogP contribution in [0.4, 0.5) is 5.69 Å². The van der Waals surface area contributed by atoms with E-state index in [-0.39, 0.29) is 11.9 Å². The van der Waals surface area contributed by atoms with E-state index in [1.54, 1.807) is 0 Å². The topological polar surface area (TPSA) is 41.1 Å². The molecule has 1 aromatic rings. The fourth-order valence-corrected chi connectivity index (χ4v) is 2.83. The van der Waals surface area contributed by atoms with Crippen LogP contribution in [0.3, 0.4) is 0 Å². The molecule has 3 heteroatoms. The van der Waals surface area contributed by atoms with E-state index in [2.05, 4.69) is 17.6 Å². The molecule has 1 aromatic carbocycles. The number of carbonyl (C=O) groups is 1. The second-order valence-electron chi connectivity index (χ2n) is 5.49. The van der Waals surface area contributed by atoms with Crippen LogP contribution in [-0.4, -0.2) is 19.0 Å². The molecule has 0 heterocycles. The first-order valence-corrected chi connectivity index (χ1v) is 7.29. The first kappa shape index (κ1) is 13.9. The van der Waals surface area contributed by atoms with Crippen LogP contribution < -0.4 is 10.6 Å². The Balaban J connectivity index is 1.91. The Morgan fingerprint density at radius 2 is 1.79 bits per heavy atom. The van der Waals surface area contributed by atoms with E-state index < -0.39 is 0 Å². The molecule has 0 saturated heterocycles. The van der Waals surface area contributed by atoms with Crippen molar-refractivity contribution >= 4 is 11.6 Å². The Morgan fingerprint density at radius 3 is 2.37 bits per heavy atom. The summed E-state index contributed by atoms with van der Waals surface area (Å²) in [7, 11) is 1.88. The van der Waals surface area contributed by atoms with Gasteiger partial charge in [0.05, 0.1) is 0 Å². The molecular formula is C16H24N2O. The molecule has 0 aliphatic heterocycles. The minimum atomic E-state index is 0.0423. The minimum Gasteiger partial charge on any atom is -0.388 e. The van der Waals surface area contributed by atoms with Crippen molar-refractivity contribution in [2.45, 2.75) is 45.1 Å². The maximum absolute atomic E-state index is 12.2. The van der Waals surface area contributed by atoms with Crippen molar-refractivity contribution in [2.24, 2.45) is 5.92 Å². The molecule has 2 rings (SSSR count). The lowest BCUT2D eigenvalue weighted by Crippen LogP contribution is -2.38. The second kappa shape index (κ2) is 6.60. The quantitative estimate of drug-likeness (QED) is 0.871. The average Bonchev–Trinajstić information content (AvgIpc) is 2.48. The average molecular weight is 260 g/mol. The van der Waals surface area contributed by atoms with E-state index in [1.165, 1.54) is 32.1 Å². The Bertz CT molecular complexity index is 407. The van der Waals surface area contributed by atoms with Gasteiger partial charge < -0.3 is 10.6 Å². The molecule has 1 saturated carbocycles. The number of anilines is 1. The molecule has 1 amide bonds. The summed E-state index contributed by atoms with van der Waals surface area (Å²) in [6.07, 6.45) is 6.46. The standard InChI is InChI=1S/C16H24N2O/c1-12(13-6-4-3-5-7-13)18-16(19)14-8-10-15(17-2)11-9-14/h8-13,17H,3-7H2,1-2H3,(H,18,19). The Hall–Kier alpha value is -1.51.